The van der Waals surface area contributed by atoms with Gasteiger partial charge in [0.25, 0.3) is 0 Å². The van der Waals surface area contributed by atoms with Crippen LogP contribution in [0.4, 0.5) is 0 Å². The zero-order valence-electron chi connectivity index (χ0n) is 10.7. The summed E-state index contributed by atoms with van der Waals surface area (Å²) >= 11 is 0. The second-order valence-electron chi connectivity index (χ2n) is 4.41. The minimum atomic E-state index is -2.39. The Bertz CT molecular complexity index is 564. The van der Waals surface area contributed by atoms with E-state index in [0.29, 0.717) is 6.16 Å². The zero-order chi connectivity index (χ0) is 13.0. The number of rotatable bonds is 4. The molecule has 0 saturated heterocycles. The Labute approximate surface area is 108 Å². The quantitative estimate of drug-likeness (QED) is 0.786. The molecule has 18 heavy (non-hydrogen) atoms. The number of benzene rings is 2. The van der Waals surface area contributed by atoms with Crippen LogP contribution in [0.25, 0.3) is 0 Å². The molecule has 0 amide bonds. The molecule has 0 saturated carbocycles. The van der Waals surface area contributed by atoms with Crippen molar-refractivity contribution in [1.29, 1.82) is 0 Å². The molecule has 0 aliphatic rings. The smallest absolute Gasteiger partial charge is 0.122 e. The number of hydrogen-bond donors (Lipinski definition) is 0. The Kier molecular flexibility index (Phi) is 3.88. The molecule has 0 heterocycles. The molecule has 2 rings (SSSR count). The van der Waals surface area contributed by atoms with Crippen LogP contribution in [0, 0.1) is 0 Å². The van der Waals surface area contributed by atoms with Gasteiger partial charge in [0.15, 0.2) is 0 Å². The number of hydrogen-bond acceptors (Lipinski definition) is 2. The number of methoxy groups -OCH3 is 1. The highest BCUT2D eigenvalue weighted by molar-refractivity contribution is 7.70. The van der Waals surface area contributed by atoms with Crippen LogP contribution < -0.4 is 10.0 Å². The first-order chi connectivity index (χ1) is 8.63. The highest BCUT2D eigenvalue weighted by Gasteiger charge is 2.20. The van der Waals surface area contributed by atoms with Gasteiger partial charge in [0.1, 0.15) is 12.9 Å². The van der Waals surface area contributed by atoms with E-state index in [4.69, 9.17) is 4.74 Å². The fourth-order valence-electron chi connectivity index (χ4n) is 1.99. The fraction of sp³-hybridized carbons (Fsp3) is 0.200. The fourth-order valence-corrected chi connectivity index (χ4v) is 3.89. The first kappa shape index (κ1) is 12.9. The Hall–Kier alpha value is -1.53. The third kappa shape index (κ3) is 2.83. The van der Waals surface area contributed by atoms with Crippen molar-refractivity contribution >= 4 is 12.4 Å². The van der Waals surface area contributed by atoms with E-state index in [2.05, 4.69) is 0 Å². The summed E-state index contributed by atoms with van der Waals surface area (Å²) in [4.78, 5) is 0. The minimum absolute atomic E-state index is 0.529. The van der Waals surface area contributed by atoms with Gasteiger partial charge in [0.2, 0.25) is 0 Å². The summed E-state index contributed by atoms with van der Waals surface area (Å²) in [5.41, 5.74) is 0.995. The third-order valence-electron chi connectivity index (χ3n) is 2.97. The maximum atomic E-state index is 12.8. The molecule has 0 aromatic heterocycles. The second-order valence-corrected chi connectivity index (χ2v) is 7.44. The largest absolute Gasteiger partial charge is 0.496 e. The molecule has 0 fully saturated rings. The van der Waals surface area contributed by atoms with Crippen molar-refractivity contribution in [2.45, 2.75) is 6.16 Å². The maximum Gasteiger partial charge on any atom is 0.122 e. The first-order valence-corrected chi connectivity index (χ1v) is 8.21. The van der Waals surface area contributed by atoms with Gasteiger partial charge >= 0.3 is 0 Å². The van der Waals surface area contributed by atoms with E-state index in [1.807, 2.05) is 61.3 Å². The lowest BCUT2D eigenvalue weighted by molar-refractivity contribution is 0.411. The van der Waals surface area contributed by atoms with Gasteiger partial charge in [-0.2, -0.15) is 0 Å². The van der Waals surface area contributed by atoms with Crippen molar-refractivity contribution < 1.29 is 9.30 Å². The van der Waals surface area contributed by atoms with Crippen LogP contribution in [0.5, 0.6) is 5.75 Å². The van der Waals surface area contributed by atoms with Gasteiger partial charge < -0.3 is 9.30 Å². The summed E-state index contributed by atoms with van der Waals surface area (Å²) in [5, 5.41) is 0.913. The number of para-hydroxylation sites is 1. The molecule has 0 aliphatic carbocycles. The molecule has 94 valence electrons. The predicted octanol–water partition coefficient (Wildman–Crippen LogP) is 3.51. The molecular weight excluding hydrogens is 243 g/mol. The zero-order valence-corrected chi connectivity index (χ0v) is 11.6. The Morgan fingerprint density at radius 3 is 2.28 bits per heavy atom. The molecule has 2 aromatic carbocycles. The second kappa shape index (κ2) is 5.41. The molecule has 0 radical (unpaired) electrons. The van der Waals surface area contributed by atoms with E-state index in [9.17, 15) is 4.57 Å². The van der Waals surface area contributed by atoms with E-state index in [0.717, 1.165) is 16.6 Å². The third-order valence-corrected chi connectivity index (χ3v) is 5.30. The predicted molar refractivity (Wildman–Crippen MR) is 76.3 cm³/mol. The van der Waals surface area contributed by atoms with Gasteiger partial charge in [0, 0.05) is 17.0 Å². The SMILES string of the molecule is COc1ccccc1CP(C)(=O)c1ccccc1. The van der Waals surface area contributed by atoms with Gasteiger partial charge in [-0.25, -0.2) is 0 Å². The normalized spacial score (nSPS) is 13.9. The molecule has 1 atom stereocenters. The molecule has 0 N–H and O–H groups in total. The highest BCUT2D eigenvalue weighted by atomic mass is 31.2. The molecular formula is C15H17O2P. The van der Waals surface area contributed by atoms with E-state index in [1.54, 1.807) is 7.11 Å². The average molecular weight is 260 g/mol. The summed E-state index contributed by atoms with van der Waals surface area (Å²) in [6.07, 6.45) is 0.529. The number of ether oxygens (including phenoxy) is 1. The molecule has 1 unspecified atom stereocenters. The van der Waals surface area contributed by atoms with E-state index in [-0.39, 0.29) is 0 Å². The van der Waals surface area contributed by atoms with Crippen molar-refractivity contribution in [1.82, 2.24) is 0 Å². The molecule has 0 spiro atoms. The summed E-state index contributed by atoms with van der Waals surface area (Å²) in [5.74, 6) is 0.801. The summed E-state index contributed by atoms with van der Waals surface area (Å²) in [6.45, 7) is 1.83. The summed E-state index contributed by atoms with van der Waals surface area (Å²) in [6, 6.07) is 17.4. The first-order valence-electron chi connectivity index (χ1n) is 5.87. The van der Waals surface area contributed by atoms with Crippen LogP contribution in [0.15, 0.2) is 54.6 Å². The van der Waals surface area contributed by atoms with Crippen molar-refractivity contribution in [3.05, 3.63) is 60.2 Å². The van der Waals surface area contributed by atoms with Crippen LogP contribution >= 0.6 is 7.14 Å². The lowest BCUT2D eigenvalue weighted by atomic mass is 10.2. The standard InChI is InChI=1S/C15H17O2P/c1-17-15-11-7-6-8-13(15)12-18(2,16)14-9-4-3-5-10-14/h3-11H,12H2,1-2H3. The Morgan fingerprint density at radius 2 is 1.61 bits per heavy atom. The summed E-state index contributed by atoms with van der Waals surface area (Å²) < 4.78 is 18.1. The van der Waals surface area contributed by atoms with Gasteiger partial charge in [-0.15, -0.1) is 0 Å². The molecule has 0 bridgehead atoms. The van der Waals surface area contributed by atoms with Crippen LogP contribution in [0.2, 0.25) is 0 Å². The van der Waals surface area contributed by atoms with Crippen LogP contribution in [-0.2, 0) is 10.7 Å². The van der Waals surface area contributed by atoms with Crippen LogP contribution in [-0.4, -0.2) is 13.8 Å². The summed E-state index contributed by atoms with van der Waals surface area (Å²) in [7, 11) is -0.746. The molecule has 0 aliphatic heterocycles. The lowest BCUT2D eigenvalue weighted by Crippen LogP contribution is -2.05. The monoisotopic (exact) mass is 260 g/mol. The molecule has 2 nitrogen and oxygen atoms in total. The Balaban J connectivity index is 2.31. The maximum absolute atomic E-state index is 12.8. The van der Waals surface area contributed by atoms with Gasteiger partial charge in [-0.05, 0) is 12.7 Å². The van der Waals surface area contributed by atoms with Crippen LogP contribution in [0.1, 0.15) is 5.56 Å². The topological polar surface area (TPSA) is 26.3 Å². The van der Waals surface area contributed by atoms with E-state index in [1.165, 1.54) is 0 Å². The molecule has 2 aromatic rings. The highest BCUT2D eigenvalue weighted by Crippen LogP contribution is 2.45. The van der Waals surface area contributed by atoms with E-state index >= 15 is 0 Å². The van der Waals surface area contributed by atoms with Crippen molar-refractivity contribution in [2.24, 2.45) is 0 Å². The lowest BCUT2D eigenvalue weighted by Gasteiger charge is -2.15. The van der Waals surface area contributed by atoms with Crippen molar-refractivity contribution in [2.75, 3.05) is 13.8 Å². The average Bonchev–Trinajstić information content (AvgIpc) is 2.40. The minimum Gasteiger partial charge on any atom is -0.496 e. The van der Waals surface area contributed by atoms with Crippen molar-refractivity contribution in [3.63, 3.8) is 0 Å². The van der Waals surface area contributed by atoms with E-state index < -0.39 is 7.14 Å². The van der Waals surface area contributed by atoms with Crippen LogP contribution in [0.3, 0.4) is 0 Å². The van der Waals surface area contributed by atoms with Gasteiger partial charge in [-0.3, -0.25) is 0 Å². The van der Waals surface area contributed by atoms with Gasteiger partial charge in [-0.1, -0.05) is 48.5 Å². The molecule has 3 heteroatoms. The Morgan fingerprint density at radius 1 is 1.00 bits per heavy atom. The van der Waals surface area contributed by atoms with Gasteiger partial charge in [0.05, 0.1) is 7.11 Å². The van der Waals surface area contributed by atoms with Crippen molar-refractivity contribution in [3.8, 4) is 5.75 Å².